The van der Waals surface area contributed by atoms with Crippen molar-refractivity contribution in [2.45, 2.75) is 32.2 Å². The number of benzene rings is 1. The molecule has 1 atom stereocenters. The molecule has 0 aliphatic carbocycles. The van der Waals surface area contributed by atoms with E-state index in [1.165, 1.54) is 24.3 Å². The highest BCUT2D eigenvalue weighted by molar-refractivity contribution is 8.26. The summed E-state index contributed by atoms with van der Waals surface area (Å²) in [5.74, 6) is -2.21. The number of hydrogen-bond acceptors (Lipinski definition) is 5. The Hall–Kier alpha value is -1.73. The van der Waals surface area contributed by atoms with E-state index in [1.54, 1.807) is 6.07 Å². The maximum atomic E-state index is 13.2. The lowest BCUT2D eigenvalue weighted by atomic mass is 10.1. The Balaban J connectivity index is 2.26. The van der Waals surface area contributed by atoms with Crippen molar-refractivity contribution in [1.82, 2.24) is 4.90 Å². The summed E-state index contributed by atoms with van der Waals surface area (Å²) in [5, 5.41) is 11.4. The lowest BCUT2D eigenvalue weighted by molar-refractivity contribution is -0.310. The number of thioether (sulfide) groups is 1. The molecule has 0 unspecified atom stereocenters. The molecule has 1 fully saturated rings. The van der Waals surface area contributed by atoms with Crippen molar-refractivity contribution >= 4 is 46.3 Å². The molecule has 0 N–H and O–H groups in total. The van der Waals surface area contributed by atoms with Crippen LogP contribution in [0.5, 0.6) is 0 Å². The molecule has 1 amide bonds. The summed E-state index contributed by atoms with van der Waals surface area (Å²) in [4.78, 5) is 25.2. The molecule has 0 aromatic heterocycles. The van der Waals surface area contributed by atoms with Crippen LogP contribution in [-0.4, -0.2) is 27.1 Å². The molecular formula is C16H15FNO3S2-. The number of aliphatic carboxylic acids is 1. The van der Waals surface area contributed by atoms with E-state index in [0.29, 0.717) is 18.4 Å². The first-order chi connectivity index (χ1) is 10.9. The summed E-state index contributed by atoms with van der Waals surface area (Å²) >= 11 is 6.16. The smallest absolute Gasteiger partial charge is 0.266 e. The summed E-state index contributed by atoms with van der Waals surface area (Å²) in [7, 11) is 0. The predicted molar refractivity (Wildman–Crippen MR) is 89.7 cm³/mol. The molecule has 7 heteroatoms. The third kappa shape index (κ3) is 4.17. The summed E-state index contributed by atoms with van der Waals surface area (Å²) < 4.78 is 13.4. The fourth-order valence-electron chi connectivity index (χ4n) is 2.25. The Kier molecular flexibility index (Phi) is 5.90. The standard InChI is InChI=1S/C16H16FNO3S2/c1-2-3-7-12(15(20)21)18-14(19)13(23-16(18)22)9-10-5-4-6-11(17)8-10/h4-6,8-9,12H,2-3,7H2,1H3,(H,20,21)/p-1/b13-9-/t12-/m1/s1. The number of carboxylic acid groups (broad SMARTS) is 1. The Labute approximate surface area is 143 Å². The van der Waals surface area contributed by atoms with Crippen LogP contribution in [0.15, 0.2) is 29.2 Å². The van der Waals surface area contributed by atoms with Crippen LogP contribution in [-0.2, 0) is 9.59 Å². The third-order valence-electron chi connectivity index (χ3n) is 3.38. The van der Waals surface area contributed by atoms with Gasteiger partial charge in [0.25, 0.3) is 5.91 Å². The van der Waals surface area contributed by atoms with Crippen LogP contribution >= 0.6 is 24.0 Å². The quantitative estimate of drug-likeness (QED) is 0.581. The molecular weight excluding hydrogens is 337 g/mol. The van der Waals surface area contributed by atoms with Gasteiger partial charge in [-0.05, 0) is 30.2 Å². The van der Waals surface area contributed by atoms with Gasteiger partial charge in [0, 0.05) is 0 Å². The number of unbranched alkanes of at least 4 members (excludes halogenated alkanes) is 1. The molecule has 23 heavy (non-hydrogen) atoms. The maximum Gasteiger partial charge on any atom is 0.266 e. The van der Waals surface area contributed by atoms with E-state index in [2.05, 4.69) is 0 Å². The summed E-state index contributed by atoms with van der Waals surface area (Å²) in [6.45, 7) is 1.93. The maximum absolute atomic E-state index is 13.2. The molecule has 1 aromatic rings. The first kappa shape index (κ1) is 17.6. The van der Waals surface area contributed by atoms with Crippen LogP contribution < -0.4 is 5.11 Å². The highest BCUT2D eigenvalue weighted by Crippen LogP contribution is 2.34. The molecule has 2 rings (SSSR count). The molecule has 0 spiro atoms. The summed E-state index contributed by atoms with van der Waals surface area (Å²) in [5.41, 5.74) is 0.518. The minimum absolute atomic E-state index is 0.183. The molecule has 1 aliphatic rings. The number of amides is 1. The first-order valence-corrected chi connectivity index (χ1v) is 8.40. The van der Waals surface area contributed by atoms with Crippen LogP contribution in [0.1, 0.15) is 31.7 Å². The zero-order chi connectivity index (χ0) is 17.0. The van der Waals surface area contributed by atoms with Crippen LogP contribution in [0, 0.1) is 5.82 Å². The van der Waals surface area contributed by atoms with Gasteiger partial charge >= 0.3 is 0 Å². The average molecular weight is 352 g/mol. The van der Waals surface area contributed by atoms with Gasteiger partial charge < -0.3 is 9.90 Å². The van der Waals surface area contributed by atoms with Gasteiger partial charge in [-0.2, -0.15) is 0 Å². The monoisotopic (exact) mass is 352 g/mol. The molecule has 122 valence electrons. The predicted octanol–water partition coefficient (Wildman–Crippen LogP) is 2.34. The molecule has 1 saturated heterocycles. The van der Waals surface area contributed by atoms with Crippen molar-refractivity contribution in [3.63, 3.8) is 0 Å². The molecule has 0 bridgehead atoms. The van der Waals surface area contributed by atoms with Crippen LogP contribution in [0.3, 0.4) is 0 Å². The van der Waals surface area contributed by atoms with Crippen molar-refractivity contribution in [3.05, 3.63) is 40.6 Å². The second kappa shape index (κ2) is 7.70. The summed E-state index contributed by atoms with van der Waals surface area (Å²) in [6.07, 6.45) is 3.25. The van der Waals surface area contributed by atoms with Crippen LogP contribution in [0.25, 0.3) is 6.08 Å². The lowest BCUT2D eigenvalue weighted by Gasteiger charge is -2.27. The van der Waals surface area contributed by atoms with Crippen molar-refractivity contribution in [1.29, 1.82) is 0 Å². The van der Waals surface area contributed by atoms with Crippen LogP contribution in [0.4, 0.5) is 4.39 Å². The van der Waals surface area contributed by atoms with Gasteiger partial charge in [-0.3, -0.25) is 9.69 Å². The second-order valence-corrected chi connectivity index (χ2v) is 6.76. The van der Waals surface area contributed by atoms with E-state index in [1.807, 2.05) is 6.92 Å². The molecule has 1 aliphatic heterocycles. The number of carbonyl (C=O) groups is 2. The number of carbonyl (C=O) groups excluding carboxylic acids is 2. The number of nitrogens with zero attached hydrogens (tertiary/aromatic N) is 1. The van der Waals surface area contributed by atoms with Crippen LogP contribution in [0.2, 0.25) is 0 Å². The van der Waals surface area contributed by atoms with E-state index in [9.17, 15) is 19.1 Å². The van der Waals surface area contributed by atoms with Crippen molar-refractivity contribution in [3.8, 4) is 0 Å². The normalized spacial score (nSPS) is 17.8. The molecule has 1 aromatic carbocycles. The number of rotatable bonds is 6. The van der Waals surface area contributed by atoms with E-state index in [-0.39, 0.29) is 9.23 Å². The van der Waals surface area contributed by atoms with Crippen molar-refractivity contribution in [2.24, 2.45) is 0 Å². The highest BCUT2D eigenvalue weighted by atomic mass is 32.2. The molecule has 0 saturated carbocycles. The topological polar surface area (TPSA) is 60.4 Å². The first-order valence-electron chi connectivity index (χ1n) is 7.17. The lowest BCUT2D eigenvalue weighted by Crippen LogP contribution is -2.49. The average Bonchev–Trinajstić information content (AvgIpc) is 2.75. The van der Waals surface area contributed by atoms with Gasteiger partial charge in [0.15, 0.2) is 0 Å². The Morgan fingerprint density at radius 3 is 2.87 bits per heavy atom. The Morgan fingerprint density at radius 2 is 2.26 bits per heavy atom. The number of hydrogen-bond donors (Lipinski definition) is 0. The number of thiocarbonyl (C=S) groups is 1. The fourth-order valence-corrected chi connectivity index (χ4v) is 3.60. The number of halogens is 1. The molecule has 4 nitrogen and oxygen atoms in total. The second-order valence-electron chi connectivity index (χ2n) is 5.08. The van der Waals surface area contributed by atoms with Gasteiger partial charge in [0.05, 0.1) is 16.9 Å². The van der Waals surface area contributed by atoms with Gasteiger partial charge in [-0.15, -0.1) is 0 Å². The summed E-state index contributed by atoms with van der Waals surface area (Å²) in [6, 6.07) is 4.72. The number of carboxylic acids is 1. The van der Waals surface area contributed by atoms with E-state index < -0.39 is 23.7 Å². The third-order valence-corrected chi connectivity index (χ3v) is 4.72. The van der Waals surface area contributed by atoms with Gasteiger partial charge in [-0.1, -0.05) is 55.9 Å². The largest absolute Gasteiger partial charge is 0.548 e. The van der Waals surface area contributed by atoms with Gasteiger partial charge in [-0.25, -0.2) is 4.39 Å². The zero-order valence-electron chi connectivity index (χ0n) is 12.5. The van der Waals surface area contributed by atoms with Crippen molar-refractivity contribution in [2.75, 3.05) is 0 Å². The Bertz CT molecular complexity index is 675. The van der Waals surface area contributed by atoms with Gasteiger partial charge in [0.2, 0.25) is 0 Å². The highest BCUT2D eigenvalue weighted by Gasteiger charge is 2.37. The van der Waals surface area contributed by atoms with E-state index in [0.717, 1.165) is 23.1 Å². The minimum atomic E-state index is -1.32. The zero-order valence-corrected chi connectivity index (χ0v) is 14.1. The Morgan fingerprint density at radius 1 is 1.52 bits per heavy atom. The van der Waals surface area contributed by atoms with Gasteiger partial charge in [0.1, 0.15) is 10.1 Å². The minimum Gasteiger partial charge on any atom is -0.548 e. The molecule has 1 heterocycles. The fraction of sp³-hybridized carbons (Fsp3) is 0.312. The van der Waals surface area contributed by atoms with E-state index in [4.69, 9.17) is 12.2 Å². The van der Waals surface area contributed by atoms with Crippen molar-refractivity contribution < 1.29 is 19.1 Å². The SMILES string of the molecule is CCCC[C@H](C(=O)[O-])N1C(=O)/C(=C/c2cccc(F)c2)SC1=S. The molecule has 0 radical (unpaired) electrons. The van der Waals surface area contributed by atoms with E-state index >= 15 is 0 Å².